The van der Waals surface area contributed by atoms with Crippen LogP contribution in [0.25, 0.3) is 0 Å². The minimum absolute atomic E-state index is 0.742. The summed E-state index contributed by atoms with van der Waals surface area (Å²) in [6.07, 6.45) is 6.32. The van der Waals surface area contributed by atoms with Gasteiger partial charge in [-0.15, -0.1) is 0 Å². The Hall–Kier alpha value is -1.87. The maximum atomic E-state index is 4.96. The van der Waals surface area contributed by atoms with E-state index in [0.29, 0.717) is 0 Å². The fraction of sp³-hybridized carbons (Fsp3) is 0.500. The summed E-state index contributed by atoms with van der Waals surface area (Å²) in [5.74, 6) is 1.81. The van der Waals surface area contributed by atoms with Gasteiger partial charge in [0.15, 0.2) is 0 Å². The van der Waals surface area contributed by atoms with E-state index in [9.17, 15) is 0 Å². The average Bonchev–Trinajstić information content (AvgIpc) is 2.66. The molecule has 1 aliphatic heterocycles. The van der Waals surface area contributed by atoms with E-state index >= 15 is 0 Å². The van der Waals surface area contributed by atoms with Crippen LogP contribution in [-0.2, 0) is 19.4 Å². The molecule has 0 unspecified atom stereocenters. The van der Waals surface area contributed by atoms with Crippen molar-refractivity contribution >= 4 is 5.82 Å². The van der Waals surface area contributed by atoms with Gasteiger partial charge in [-0.1, -0.05) is 43.3 Å². The summed E-state index contributed by atoms with van der Waals surface area (Å²) in [4.78, 5) is 7.70. The first-order valence-electron chi connectivity index (χ1n) is 9.84. The summed E-state index contributed by atoms with van der Waals surface area (Å²) < 4.78 is 0. The number of hydrogen-bond donors (Lipinski definition) is 1. The quantitative estimate of drug-likeness (QED) is 0.884. The first-order chi connectivity index (χ1) is 12.3. The highest BCUT2D eigenvalue weighted by molar-refractivity contribution is 5.41. The minimum atomic E-state index is 0.742. The molecule has 2 aliphatic rings. The van der Waals surface area contributed by atoms with E-state index in [0.717, 1.165) is 30.7 Å². The zero-order valence-corrected chi connectivity index (χ0v) is 15.2. The van der Waals surface area contributed by atoms with Gasteiger partial charge in [0.25, 0.3) is 0 Å². The lowest BCUT2D eigenvalue weighted by Crippen LogP contribution is -2.49. The van der Waals surface area contributed by atoms with Gasteiger partial charge < -0.3 is 5.32 Å². The van der Waals surface area contributed by atoms with Crippen LogP contribution in [0.4, 0.5) is 5.82 Å². The third kappa shape index (κ3) is 3.72. The number of nitrogens with zero attached hydrogens (tertiary/aromatic N) is 2. The molecule has 1 N–H and O–H groups in total. The second-order valence-electron chi connectivity index (χ2n) is 7.56. The average molecular weight is 335 g/mol. The van der Waals surface area contributed by atoms with E-state index in [1.807, 2.05) is 0 Å². The number of benzene rings is 1. The Balaban J connectivity index is 1.46. The van der Waals surface area contributed by atoms with Crippen molar-refractivity contribution < 1.29 is 0 Å². The monoisotopic (exact) mass is 335 g/mol. The van der Waals surface area contributed by atoms with Gasteiger partial charge >= 0.3 is 0 Å². The highest BCUT2D eigenvalue weighted by atomic mass is 15.2. The zero-order chi connectivity index (χ0) is 17.1. The highest BCUT2D eigenvalue weighted by Gasteiger charge is 2.35. The van der Waals surface area contributed by atoms with E-state index in [2.05, 4.69) is 59.6 Å². The predicted molar refractivity (Wildman–Crippen MR) is 104 cm³/mol. The molecule has 2 aromatic rings. The van der Waals surface area contributed by atoms with Crippen molar-refractivity contribution in [2.45, 2.75) is 51.6 Å². The van der Waals surface area contributed by atoms with Gasteiger partial charge in [-0.3, -0.25) is 4.90 Å². The number of rotatable bonds is 5. The van der Waals surface area contributed by atoms with Crippen molar-refractivity contribution in [2.75, 3.05) is 18.4 Å². The molecule has 1 aromatic heterocycles. The fourth-order valence-corrected chi connectivity index (χ4v) is 4.57. The summed E-state index contributed by atoms with van der Waals surface area (Å²) >= 11 is 0. The van der Waals surface area contributed by atoms with E-state index in [1.165, 1.54) is 55.6 Å². The van der Waals surface area contributed by atoms with Gasteiger partial charge in [-0.2, -0.15) is 0 Å². The highest BCUT2D eigenvalue weighted by Crippen LogP contribution is 2.34. The van der Waals surface area contributed by atoms with Crippen LogP contribution in [0, 0.1) is 5.92 Å². The normalized spacial score (nSPS) is 22.9. The number of hydrogen-bond acceptors (Lipinski definition) is 3. The van der Waals surface area contributed by atoms with Gasteiger partial charge in [-0.25, -0.2) is 4.98 Å². The van der Waals surface area contributed by atoms with Gasteiger partial charge in [0, 0.05) is 18.3 Å². The van der Waals surface area contributed by atoms with Gasteiger partial charge in [-0.05, 0) is 68.3 Å². The molecule has 0 amide bonds. The van der Waals surface area contributed by atoms with Crippen molar-refractivity contribution in [2.24, 2.45) is 5.92 Å². The molecule has 0 radical (unpaired) electrons. The summed E-state index contributed by atoms with van der Waals surface area (Å²) in [6, 6.07) is 15.8. The molecule has 132 valence electrons. The van der Waals surface area contributed by atoms with Crippen molar-refractivity contribution in [3.8, 4) is 0 Å². The van der Waals surface area contributed by atoms with Gasteiger partial charge in [0.1, 0.15) is 5.82 Å². The molecule has 3 nitrogen and oxygen atoms in total. The fourth-order valence-electron chi connectivity index (χ4n) is 4.57. The number of aromatic nitrogens is 1. The summed E-state index contributed by atoms with van der Waals surface area (Å²) in [6.45, 7) is 5.67. The van der Waals surface area contributed by atoms with Crippen LogP contribution in [0.5, 0.6) is 0 Å². The number of likely N-dealkylation sites (tertiary alicyclic amines) is 1. The lowest BCUT2D eigenvalue weighted by molar-refractivity contribution is 0.0846. The maximum absolute atomic E-state index is 4.96. The molecular weight excluding hydrogens is 306 g/mol. The lowest BCUT2D eigenvalue weighted by Gasteiger charge is -2.44. The third-order valence-corrected chi connectivity index (χ3v) is 5.81. The van der Waals surface area contributed by atoms with Gasteiger partial charge in [0.05, 0.1) is 0 Å². The lowest BCUT2D eigenvalue weighted by atomic mass is 9.77. The van der Waals surface area contributed by atoms with E-state index < -0.39 is 0 Å². The Morgan fingerprint density at radius 1 is 1.12 bits per heavy atom. The largest absolute Gasteiger partial charge is 0.366 e. The summed E-state index contributed by atoms with van der Waals surface area (Å²) in [5, 5.41) is 3.49. The Morgan fingerprint density at radius 3 is 2.84 bits per heavy atom. The van der Waals surface area contributed by atoms with E-state index in [4.69, 9.17) is 4.98 Å². The second kappa shape index (κ2) is 7.57. The molecule has 0 spiro atoms. The van der Waals surface area contributed by atoms with Crippen LogP contribution < -0.4 is 5.32 Å². The van der Waals surface area contributed by atoms with Crippen LogP contribution >= 0.6 is 0 Å². The Bertz CT molecular complexity index is 696. The van der Waals surface area contributed by atoms with Crippen LogP contribution in [0.15, 0.2) is 42.5 Å². The smallest absolute Gasteiger partial charge is 0.126 e. The van der Waals surface area contributed by atoms with Crippen molar-refractivity contribution in [3.05, 3.63) is 59.3 Å². The van der Waals surface area contributed by atoms with Crippen molar-refractivity contribution in [3.63, 3.8) is 0 Å². The molecular formula is C22H29N3. The SMILES string of the molecule is CCCN1CCC[C@H]2Cc3nc(NCc4ccccc4)ccc3C[C@@H]21. The summed E-state index contributed by atoms with van der Waals surface area (Å²) in [7, 11) is 0. The van der Waals surface area contributed by atoms with Crippen LogP contribution in [0.1, 0.15) is 43.0 Å². The molecule has 3 heteroatoms. The van der Waals surface area contributed by atoms with E-state index in [1.54, 1.807) is 0 Å². The number of pyridine rings is 1. The Labute approximate surface area is 151 Å². The van der Waals surface area contributed by atoms with Crippen LogP contribution in [0.3, 0.4) is 0 Å². The molecule has 1 saturated heterocycles. The topological polar surface area (TPSA) is 28.2 Å². The van der Waals surface area contributed by atoms with E-state index in [-0.39, 0.29) is 0 Å². The standard InChI is InChI=1S/C22H29N3/c1-2-12-25-13-6-9-19-14-20-18(15-21(19)25)10-11-22(24-20)23-16-17-7-4-3-5-8-17/h3-5,7-8,10-11,19,21H,2,6,9,12-16H2,1H3,(H,23,24)/t19-,21-/m0/s1. The molecule has 1 fully saturated rings. The third-order valence-electron chi connectivity index (χ3n) is 5.81. The molecule has 0 bridgehead atoms. The summed E-state index contributed by atoms with van der Waals surface area (Å²) in [5.41, 5.74) is 4.09. The zero-order valence-electron chi connectivity index (χ0n) is 15.2. The molecule has 25 heavy (non-hydrogen) atoms. The van der Waals surface area contributed by atoms with Gasteiger partial charge in [0.2, 0.25) is 0 Å². The first kappa shape index (κ1) is 16.6. The number of fused-ring (bicyclic) bond motifs is 2. The molecule has 1 aliphatic carbocycles. The molecule has 4 rings (SSSR count). The number of nitrogens with one attached hydrogen (secondary N) is 1. The Morgan fingerprint density at radius 2 is 2.00 bits per heavy atom. The second-order valence-corrected chi connectivity index (χ2v) is 7.56. The molecule has 2 atom stereocenters. The Kier molecular flexibility index (Phi) is 5.02. The minimum Gasteiger partial charge on any atom is -0.366 e. The van der Waals surface area contributed by atoms with Crippen molar-refractivity contribution in [1.29, 1.82) is 0 Å². The molecule has 0 saturated carbocycles. The number of anilines is 1. The molecule has 1 aromatic carbocycles. The maximum Gasteiger partial charge on any atom is 0.126 e. The first-order valence-corrected chi connectivity index (χ1v) is 9.84. The molecule has 2 heterocycles. The predicted octanol–water partition coefficient (Wildman–Crippen LogP) is 4.28. The van der Waals surface area contributed by atoms with Crippen LogP contribution in [-0.4, -0.2) is 29.0 Å². The number of piperidine rings is 1. The van der Waals surface area contributed by atoms with Crippen LogP contribution in [0.2, 0.25) is 0 Å². The van der Waals surface area contributed by atoms with Crippen molar-refractivity contribution in [1.82, 2.24) is 9.88 Å².